The van der Waals surface area contributed by atoms with E-state index in [1.807, 2.05) is 20.8 Å². The zero-order valence-corrected chi connectivity index (χ0v) is 12.9. The zero-order chi connectivity index (χ0) is 14.9. The van der Waals surface area contributed by atoms with Gasteiger partial charge in [-0.2, -0.15) is 5.10 Å². The lowest BCUT2D eigenvalue weighted by molar-refractivity contribution is 0.0891. The first-order chi connectivity index (χ1) is 9.42. The van der Waals surface area contributed by atoms with Gasteiger partial charge in [0.05, 0.1) is 22.7 Å². The third-order valence-electron chi connectivity index (χ3n) is 3.03. The van der Waals surface area contributed by atoms with Gasteiger partial charge in [-0.15, -0.1) is 11.3 Å². The van der Waals surface area contributed by atoms with Crippen LogP contribution >= 0.6 is 11.3 Å². The van der Waals surface area contributed by atoms with Gasteiger partial charge in [-0.3, -0.25) is 14.3 Å². The van der Waals surface area contributed by atoms with Gasteiger partial charge in [0.1, 0.15) is 5.69 Å². The van der Waals surface area contributed by atoms with Crippen molar-refractivity contribution in [3.8, 4) is 0 Å². The normalized spacial score (nSPS) is 10.8. The summed E-state index contributed by atoms with van der Waals surface area (Å²) in [6.07, 6.45) is 2.20. The van der Waals surface area contributed by atoms with Crippen LogP contribution in [0, 0.1) is 13.8 Å². The van der Waals surface area contributed by atoms with E-state index in [2.05, 4.69) is 10.1 Å². The van der Waals surface area contributed by atoms with Crippen molar-refractivity contribution in [2.24, 2.45) is 7.05 Å². The number of Topliss-reactive ketones (excluding diaryl/α,β-unsaturated/α-hetero) is 2. The van der Waals surface area contributed by atoms with Crippen LogP contribution in [-0.4, -0.2) is 26.3 Å². The summed E-state index contributed by atoms with van der Waals surface area (Å²) in [5.74, 6) is -0.409. The van der Waals surface area contributed by atoms with Crippen LogP contribution in [0.5, 0.6) is 0 Å². The van der Waals surface area contributed by atoms with Gasteiger partial charge >= 0.3 is 0 Å². The molecule has 0 amide bonds. The molecule has 0 unspecified atom stereocenters. The van der Waals surface area contributed by atoms with Gasteiger partial charge in [0, 0.05) is 18.1 Å². The maximum absolute atomic E-state index is 12.2. The second kappa shape index (κ2) is 5.66. The molecule has 0 aromatic carbocycles. The van der Waals surface area contributed by atoms with Crippen LogP contribution in [0.2, 0.25) is 0 Å². The monoisotopic (exact) mass is 291 g/mol. The van der Waals surface area contributed by atoms with E-state index < -0.39 is 0 Å². The molecule has 0 saturated carbocycles. The highest BCUT2D eigenvalue weighted by Crippen LogP contribution is 2.19. The number of carbonyl (C=O) groups is 2. The first kappa shape index (κ1) is 14.6. The summed E-state index contributed by atoms with van der Waals surface area (Å²) in [4.78, 5) is 29.5. The highest BCUT2D eigenvalue weighted by atomic mass is 32.1. The Morgan fingerprint density at radius 3 is 2.55 bits per heavy atom. The van der Waals surface area contributed by atoms with E-state index in [0.29, 0.717) is 17.7 Å². The van der Waals surface area contributed by atoms with Crippen molar-refractivity contribution in [2.45, 2.75) is 33.6 Å². The minimum absolute atomic E-state index is 0.150. The number of ketones is 2. The Morgan fingerprint density at radius 1 is 1.30 bits per heavy atom. The molecule has 0 N–H and O–H groups in total. The van der Waals surface area contributed by atoms with E-state index >= 15 is 0 Å². The highest BCUT2D eigenvalue weighted by molar-refractivity contribution is 7.11. The van der Waals surface area contributed by atoms with Crippen LogP contribution in [0.4, 0.5) is 0 Å². The lowest BCUT2D eigenvalue weighted by Gasteiger charge is -1.99. The molecule has 0 aliphatic heterocycles. The highest BCUT2D eigenvalue weighted by Gasteiger charge is 2.21. The standard InChI is InChI=1S/C14H17N3O2S/c1-5-11-10(7-17(4)16-11)12(18)6-13(19)14-8(2)20-9(3)15-14/h7H,5-6H2,1-4H3. The Hall–Kier alpha value is -1.82. The smallest absolute Gasteiger partial charge is 0.190 e. The van der Waals surface area contributed by atoms with Crippen molar-refractivity contribution in [2.75, 3.05) is 0 Å². The van der Waals surface area contributed by atoms with Crippen LogP contribution in [0.25, 0.3) is 0 Å². The molecule has 2 aromatic rings. The van der Waals surface area contributed by atoms with Gasteiger partial charge in [0.15, 0.2) is 11.6 Å². The fourth-order valence-corrected chi connectivity index (χ4v) is 2.98. The minimum atomic E-state index is -0.220. The lowest BCUT2D eigenvalue weighted by Crippen LogP contribution is -2.11. The Bertz CT molecular complexity index is 670. The Kier molecular flexibility index (Phi) is 4.13. The molecule has 20 heavy (non-hydrogen) atoms. The van der Waals surface area contributed by atoms with Crippen LogP contribution in [0.1, 0.15) is 49.8 Å². The van der Waals surface area contributed by atoms with Crippen molar-refractivity contribution < 1.29 is 9.59 Å². The number of thiazole rings is 1. The summed E-state index contributed by atoms with van der Waals surface area (Å²) in [7, 11) is 1.77. The molecule has 2 rings (SSSR count). The SMILES string of the molecule is CCc1nn(C)cc1C(=O)CC(=O)c1nc(C)sc1C. The van der Waals surface area contributed by atoms with E-state index in [1.165, 1.54) is 11.3 Å². The van der Waals surface area contributed by atoms with E-state index in [-0.39, 0.29) is 18.0 Å². The Morgan fingerprint density at radius 2 is 2.00 bits per heavy atom. The molecule has 6 heteroatoms. The van der Waals surface area contributed by atoms with Crippen LogP contribution in [0.15, 0.2) is 6.20 Å². The molecule has 0 spiro atoms. The van der Waals surface area contributed by atoms with Gasteiger partial charge in [0.2, 0.25) is 0 Å². The molecule has 0 fully saturated rings. The van der Waals surface area contributed by atoms with Gasteiger partial charge < -0.3 is 0 Å². The number of aryl methyl sites for hydroxylation is 4. The average molecular weight is 291 g/mol. The second-order valence-corrected chi connectivity index (χ2v) is 6.08. The molecule has 0 bridgehead atoms. The third-order valence-corrected chi connectivity index (χ3v) is 3.92. The number of aromatic nitrogens is 3. The predicted molar refractivity (Wildman–Crippen MR) is 77.5 cm³/mol. The summed E-state index contributed by atoms with van der Waals surface area (Å²) in [6, 6.07) is 0. The molecule has 0 aliphatic rings. The Labute approximate surface area is 121 Å². The summed E-state index contributed by atoms with van der Waals surface area (Å²) >= 11 is 1.47. The summed E-state index contributed by atoms with van der Waals surface area (Å²) in [5, 5.41) is 5.06. The van der Waals surface area contributed by atoms with E-state index in [4.69, 9.17) is 0 Å². The van der Waals surface area contributed by atoms with Crippen LogP contribution < -0.4 is 0 Å². The van der Waals surface area contributed by atoms with Crippen molar-refractivity contribution in [3.05, 3.63) is 33.0 Å². The first-order valence-electron chi connectivity index (χ1n) is 6.45. The van der Waals surface area contributed by atoms with Gasteiger partial charge in [-0.25, -0.2) is 4.98 Å². The lowest BCUT2D eigenvalue weighted by atomic mass is 10.0. The number of nitrogens with zero attached hydrogens (tertiary/aromatic N) is 3. The van der Waals surface area contributed by atoms with Crippen molar-refractivity contribution in [1.29, 1.82) is 0 Å². The molecule has 0 radical (unpaired) electrons. The Balaban J connectivity index is 2.19. The maximum Gasteiger partial charge on any atom is 0.190 e. The van der Waals surface area contributed by atoms with Crippen LogP contribution in [0.3, 0.4) is 0 Å². The molecule has 2 aromatic heterocycles. The van der Waals surface area contributed by atoms with E-state index in [1.54, 1.807) is 17.9 Å². The molecule has 106 valence electrons. The van der Waals surface area contributed by atoms with Crippen LogP contribution in [-0.2, 0) is 13.5 Å². The molecule has 0 aliphatic carbocycles. The first-order valence-corrected chi connectivity index (χ1v) is 7.27. The zero-order valence-electron chi connectivity index (χ0n) is 12.1. The molecular formula is C14H17N3O2S. The van der Waals surface area contributed by atoms with Gasteiger partial charge in [-0.05, 0) is 20.3 Å². The summed E-state index contributed by atoms with van der Waals surface area (Å²) in [6.45, 7) is 5.64. The predicted octanol–water partition coefficient (Wildman–Crippen LogP) is 2.51. The molecule has 0 atom stereocenters. The van der Waals surface area contributed by atoms with E-state index in [0.717, 1.165) is 15.6 Å². The summed E-state index contributed by atoms with van der Waals surface area (Å²) < 4.78 is 1.61. The van der Waals surface area contributed by atoms with Crippen molar-refractivity contribution in [1.82, 2.24) is 14.8 Å². The number of hydrogen-bond donors (Lipinski definition) is 0. The number of carbonyl (C=O) groups excluding carboxylic acids is 2. The third kappa shape index (κ3) is 2.85. The van der Waals surface area contributed by atoms with Gasteiger partial charge in [-0.1, -0.05) is 6.92 Å². The number of hydrogen-bond acceptors (Lipinski definition) is 5. The fourth-order valence-electron chi connectivity index (χ4n) is 2.14. The molecule has 2 heterocycles. The topological polar surface area (TPSA) is 64.8 Å². The molecule has 0 saturated heterocycles. The maximum atomic E-state index is 12.2. The fraction of sp³-hybridized carbons (Fsp3) is 0.429. The molecular weight excluding hydrogens is 274 g/mol. The molecule has 5 nitrogen and oxygen atoms in total. The quantitative estimate of drug-likeness (QED) is 0.627. The number of rotatable bonds is 5. The summed E-state index contributed by atoms with van der Waals surface area (Å²) in [5.41, 5.74) is 1.69. The van der Waals surface area contributed by atoms with Crippen molar-refractivity contribution in [3.63, 3.8) is 0 Å². The van der Waals surface area contributed by atoms with E-state index in [9.17, 15) is 9.59 Å². The largest absolute Gasteiger partial charge is 0.294 e. The minimum Gasteiger partial charge on any atom is -0.294 e. The average Bonchev–Trinajstić information content (AvgIpc) is 2.91. The second-order valence-electron chi connectivity index (χ2n) is 4.68. The van der Waals surface area contributed by atoms with Gasteiger partial charge in [0.25, 0.3) is 0 Å². The van der Waals surface area contributed by atoms with Crippen molar-refractivity contribution >= 4 is 22.9 Å².